The number of piperidine rings is 2. The lowest BCUT2D eigenvalue weighted by molar-refractivity contribution is 0.0823. The molecule has 122 valence electrons. The van der Waals surface area contributed by atoms with E-state index in [0.717, 1.165) is 17.9 Å². The summed E-state index contributed by atoms with van der Waals surface area (Å²) in [5.41, 5.74) is 0. The number of hydrogen-bond donors (Lipinski definition) is 2. The summed E-state index contributed by atoms with van der Waals surface area (Å²) in [5.74, 6) is 1.86. The molecule has 0 aliphatic carbocycles. The molecule has 3 fully saturated rings. The predicted octanol–water partition coefficient (Wildman–Crippen LogP) is 1.34. The minimum Gasteiger partial charge on any atom is -0.314 e. The van der Waals surface area contributed by atoms with Crippen molar-refractivity contribution >= 4 is 0 Å². The van der Waals surface area contributed by atoms with E-state index in [1.807, 2.05) is 0 Å². The monoisotopic (exact) mass is 294 g/mol. The van der Waals surface area contributed by atoms with E-state index in [1.165, 1.54) is 84.6 Å². The second-order valence-electron chi connectivity index (χ2n) is 7.59. The Balaban J connectivity index is 1.33. The highest BCUT2D eigenvalue weighted by molar-refractivity contribution is 4.81. The molecule has 2 unspecified atom stereocenters. The summed E-state index contributed by atoms with van der Waals surface area (Å²) in [6, 6.07) is 0.811. The number of nitrogens with zero attached hydrogens (tertiary/aromatic N) is 2. The zero-order chi connectivity index (χ0) is 14.5. The zero-order valence-corrected chi connectivity index (χ0v) is 13.8. The first-order valence-corrected chi connectivity index (χ1v) is 9.18. The molecule has 3 aliphatic heterocycles. The van der Waals surface area contributed by atoms with Crippen LogP contribution in [0, 0.1) is 11.8 Å². The SMILES string of the molecule is CC1CCC(CC2CCN(CN3CCNCC3)CC2)NC1. The Labute approximate surface area is 130 Å². The number of piperazine rings is 1. The first-order valence-electron chi connectivity index (χ1n) is 9.18. The van der Waals surface area contributed by atoms with Crippen molar-refractivity contribution in [1.82, 2.24) is 20.4 Å². The van der Waals surface area contributed by atoms with Crippen LogP contribution < -0.4 is 10.6 Å². The van der Waals surface area contributed by atoms with Gasteiger partial charge in [0.2, 0.25) is 0 Å². The molecule has 0 bridgehead atoms. The Morgan fingerprint density at radius 2 is 1.62 bits per heavy atom. The number of likely N-dealkylation sites (tertiary alicyclic amines) is 1. The summed E-state index contributed by atoms with van der Waals surface area (Å²) in [5, 5.41) is 7.20. The Hall–Kier alpha value is -0.160. The first-order chi connectivity index (χ1) is 10.3. The molecule has 3 rings (SSSR count). The Kier molecular flexibility index (Phi) is 5.92. The zero-order valence-electron chi connectivity index (χ0n) is 13.8. The minimum atomic E-state index is 0.811. The van der Waals surface area contributed by atoms with Gasteiger partial charge in [0, 0.05) is 32.2 Å². The molecule has 4 heteroatoms. The van der Waals surface area contributed by atoms with Gasteiger partial charge in [-0.05, 0) is 63.6 Å². The molecule has 3 aliphatic rings. The Bertz CT molecular complexity index is 287. The lowest BCUT2D eigenvalue weighted by atomic mass is 9.86. The summed E-state index contributed by atoms with van der Waals surface area (Å²) in [6.45, 7) is 12.2. The fourth-order valence-corrected chi connectivity index (χ4v) is 4.16. The van der Waals surface area contributed by atoms with Crippen LogP contribution in [-0.4, -0.2) is 68.3 Å². The number of rotatable bonds is 4. The fourth-order valence-electron chi connectivity index (χ4n) is 4.16. The molecule has 2 atom stereocenters. The van der Waals surface area contributed by atoms with E-state index in [4.69, 9.17) is 0 Å². The maximum Gasteiger partial charge on any atom is 0.0507 e. The molecule has 2 N–H and O–H groups in total. The van der Waals surface area contributed by atoms with Crippen LogP contribution in [-0.2, 0) is 0 Å². The molecule has 0 aromatic rings. The van der Waals surface area contributed by atoms with Gasteiger partial charge in [-0.2, -0.15) is 0 Å². The second-order valence-corrected chi connectivity index (χ2v) is 7.59. The quantitative estimate of drug-likeness (QED) is 0.819. The van der Waals surface area contributed by atoms with E-state index < -0.39 is 0 Å². The highest BCUT2D eigenvalue weighted by Crippen LogP contribution is 2.25. The molecule has 0 aromatic carbocycles. The van der Waals surface area contributed by atoms with Crippen LogP contribution in [0.25, 0.3) is 0 Å². The summed E-state index contributed by atoms with van der Waals surface area (Å²) in [7, 11) is 0. The highest BCUT2D eigenvalue weighted by atomic mass is 15.3. The summed E-state index contributed by atoms with van der Waals surface area (Å²) >= 11 is 0. The summed E-state index contributed by atoms with van der Waals surface area (Å²) in [6.07, 6.45) is 7.09. The van der Waals surface area contributed by atoms with Crippen LogP contribution in [0.1, 0.15) is 39.0 Å². The van der Waals surface area contributed by atoms with Crippen molar-refractivity contribution in [3.05, 3.63) is 0 Å². The van der Waals surface area contributed by atoms with Crippen molar-refractivity contribution in [2.75, 3.05) is 52.5 Å². The average Bonchev–Trinajstić information content (AvgIpc) is 2.53. The van der Waals surface area contributed by atoms with Crippen LogP contribution in [0.4, 0.5) is 0 Å². The van der Waals surface area contributed by atoms with Gasteiger partial charge in [-0.3, -0.25) is 9.80 Å². The van der Waals surface area contributed by atoms with Gasteiger partial charge in [0.05, 0.1) is 6.67 Å². The fraction of sp³-hybridized carbons (Fsp3) is 1.00. The second kappa shape index (κ2) is 7.91. The van der Waals surface area contributed by atoms with Crippen molar-refractivity contribution in [2.24, 2.45) is 11.8 Å². The van der Waals surface area contributed by atoms with Gasteiger partial charge in [-0.25, -0.2) is 0 Å². The van der Waals surface area contributed by atoms with Gasteiger partial charge in [0.15, 0.2) is 0 Å². The van der Waals surface area contributed by atoms with Gasteiger partial charge in [-0.1, -0.05) is 6.92 Å². The largest absolute Gasteiger partial charge is 0.314 e. The smallest absolute Gasteiger partial charge is 0.0507 e. The molecule has 0 spiro atoms. The molecule has 0 amide bonds. The molecule has 0 aromatic heterocycles. The van der Waals surface area contributed by atoms with Crippen molar-refractivity contribution in [1.29, 1.82) is 0 Å². The van der Waals surface area contributed by atoms with Crippen molar-refractivity contribution < 1.29 is 0 Å². The lowest BCUT2D eigenvalue weighted by Gasteiger charge is -2.38. The van der Waals surface area contributed by atoms with Gasteiger partial charge in [0.25, 0.3) is 0 Å². The van der Waals surface area contributed by atoms with Crippen LogP contribution in [0.3, 0.4) is 0 Å². The maximum absolute atomic E-state index is 3.76. The van der Waals surface area contributed by atoms with E-state index in [9.17, 15) is 0 Å². The Morgan fingerprint density at radius 3 is 2.29 bits per heavy atom. The van der Waals surface area contributed by atoms with Crippen LogP contribution in [0.2, 0.25) is 0 Å². The van der Waals surface area contributed by atoms with E-state index in [0.29, 0.717) is 0 Å². The minimum absolute atomic E-state index is 0.811. The third-order valence-corrected chi connectivity index (χ3v) is 5.70. The normalized spacial score (nSPS) is 34.1. The highest BCUT2D eigenvalue weighted by Gasteiger charge is 2.25. The lowest BCUT2D eigenvalue weighted by Crippen LogP contribution is -2.50. The van der Waals surface area contributed by atoms with E-state index >= 15 is 0 Å². The van der Waals surface area contributed by atoms with E-state index in [1.54, 1.807) is 0 Å². The summed E-state index contributed by atoms with van der Waals surface area (Å²) in [4.78, 5) is 5.29. The third-order valence-electron chi connectivity index (χ3n) is 5.70. The van der Waals surface area contributed by atoms with Crippen molar-refractivity contribution in [3.63, 3.8) is 0 Å². The molecule has 0 saturated carbocycles. The maximum atomic E-state index is 3.76. The molecule has 21 heavy (non-hydrogen) atoms. The third kappa shape index (κ3) is 4.92. The van der Waals surface area contributed by atoms with Crippen LogP contribution in [0.5, 0.6) is 0 Å². The van der Waals surface area contributed by atoms with Crippen molar-refractivity contribution in [3.8, 4) is 0 Å². The van der Waals surface area contributed by atoms with E-state index in [2.05, 4.69) is 27.4 Å². The standard InChI is InChI=1S/C17H34N4/c1-15-2-3-17(19-13-15)12-16-4-8-20(9-5-16)14-21-10-6-18-7-11-21/h15-19H,2-14H2,1H3. The molecular formula is C17H34N4. The van der Waals surface area contributed by atoms with Gasteiger partial charge in [-0.15, -0.1) is 0 Å². The molecule has 4 nitrogen and oxygen atoms in total. The van der Waals surface area contributed by atoms with Gasteiger partial charge in [0.1, 0.15) is 0 Å². The predicted molar refractivity (Wildman–Crippen MR) is 88.4 cm³/mol. The molecule has 0 radical (unpaired) electrons. The van der Waals surface area contributed by atoms with Gasteiger partial charge >= 0.3 is 0 Å². The molecular weight excluding hydrogens is 260 g/mol. The van der Waals surface area contributed by atoms with Crippen LogP contribution in [0.15, 0.2) is 0 Å². The number of hydrogen-bond acceptors (Lipinski definition) is 4. The van der Waals surface area contributed by atoms with Crippen LogP contribution >= 0.6 is 0 Å². The van der Waals surface area contributed by atoms with Gasteiger partial charge < -0.3 is 10.6 Å². The van der Waals surface area contributed by atoms with Crippen molar-refractivity contribution in [2.45, 2.75) is 45.1 Å². The average molecular weight is 294 g/mol. The molecule has 3 saturated heterocycles. The number of nitrogens with one attached hydrogen (secondary N) is 2. The van der Waals surface area contributed by atoms with E-state index in [-0.39, 0.29) is 0 Å². The first kappa shape index (κ1) is 15.7. The molecule has 3 heterocycles. The summed E-state index contributed by atoms with van der Waals surface area (Å²) < 4.78 is 0. The Morgan fingerprint density at radius 1 is 0.905 bits per heavy atom. The topological polar surface area (TPSA) is 30.5 Å².